The lowest BCUT2D eigenvalue weighted by Crippen LogP contribution is -2.46. The lowest BCUT2D eigenvalue weighted by molar-refractivity contribution is -0.122. The number of hydrogen-bond acceptors (Lipinski definition) is 4. The molecule has 1 aliphatic carbocycles. The van der Waals surface area contributed by atoms with Crippen LogP contribution in [0.5, 0.6) is 0 Å². The van der Waals surface area contributed by atoms with Crippen molar-refractivity contribution >= 4 is 11.6 Å². The lowest BCUT2D eigenvalue weighted by Gasteiger charge is -2.40. The average molecular weight is 314 g/mol. The molecular weight excluding hydrogens is 288 g/mol. The highest BCUT2D eigenvalue weighted by molar-refractivity contribution is 6.06. The molecule has 1 saturated heterocycles. The molecule has 0 unspecified atom stereocenters. The van der Waals surface area contributed by atoms with E-state index in [-0.39, 0.29) is 11.3 Å². The number of carbonyl (C=O) groups is 1. The van der Waals surface area contributed by atoms with Crippen molar-refractivity contribution in [1.82, 2.24) is 14.8 Å². The molecule has 1 spiro atoms. The van der Waals surface area contributed by atoms with Crippen LogP contribution in [0.4, 0.5) is 5.69 Å². The molecule has 5 nitrogen and oxygen atoms in total. The molecule has 3 heterocycles. The van der Waals surface area contributed by atoms with E-state index in [0.717, 1.165) is 37.9 Å². The van der Waals surface area contributed by atoms with Gasteiger partial charge in [-0.3, -0.25) is 14.7 Å². The van der Waals surface area contributed by atoms with E-state index in [1.165, 1.54) is 31.6 Å². The summed E-state index contributed by atoms with van der Waals surface area (Å²) in [6.07, 6.45) is 9.04. The van der Waals surface area contributed by atoms with E-state index in [1.807, 2.05) is 12.3 Å². The molecule has 0 aromatic carbocycles. The molecule has 0 bridgehead atoms. The number of nitrogens with zero attached hydrogens (tertiary/aromatic N) is 3. The minimum atomic E-state index is -0.294. The van der Waals surface area contributed by atoms with Crippen LogP contribution in [0.2, 0.25) is 0 Å². The predicted octanol–water partition coefficient (Wildman–Crippen LogP) is 1.85. The van der Waals surface area contributed by atoms with Gasteiger partial charge in [0.1, 0.15) is 0 Å². The van der Waals surface area contributed by atoms with Crippen LogP contribution >= 0.6 is 0 Å². The summed E-state index contributed by atoms with van der Waals surface area (Å²) in [4.78, 5) is 21.9. The highest BCUT2D eigenvalue weighted by atomic mass is 16.2. The molecule has 0 atom stereocenters. The maximum Gasteiger partial charge on any atom is 0.235 e. The Bertz CT molecular complexity index is 594. The smallest absolute Gasteiger partial charge is 0.235 e. The van der Waals surface area contributed by atoms with Crippen molar-refractivity contribution < 1.29 is 4.79 Å². The van der Waals surface area contributed by atoms with Crippen molar-refractivity contribution in [3.8, 4) is 0 Å². The van der Waals surface area contributed by atoms with Gasteiger partial charge in [0.15, 0.2) is 0 Å². The van der Waals surface area contributed by atoms with Gasteiger partial charge in [0.05, 0.1) is 17.3 Å². The van der Waals surface area contributed by atoms with Crippen LogP contribution in [-0.4, -0.2) is 60.0 Å². The van der Waals surface area contributed by atoms with Crippen LogP contribution in [-0.2, 0) is 10.2 Å². The standard InChI is InChI=1S/C18H26N4O/c1-21-9-2-10-22(12-11-21)14-3-6-18(7-4-14)15-5-8-19-13-16(15)20-17(18)23/h5,8,13-14H,2-4,6-7,9-12H2,1H3,(H,20,23). The molecule has 124 valence electrons. The van der Waals surface area contributed by atoms with E-state index in [4.69, 9.17) is 0 Å². The fraction of sp³-hybridized carbons (Fsp3) is 0.667. The van der Waals surface area contributed by atoms with E-state index in [9.17, 15) is 4.79 Å². The third kappa shape index (κ3) is 2.56. The van der Waals surface area contributed by atoms with Crippen LogP contribution < -0.4 is 5.32 Å². The molecule has 1 aromatic heterocycles. The van der Waals surface area contributed by atoms with Gasteiger partial charge in [0, 0.05) is 25.3 Å². The summed E-state index contributed by atoms with van der Waals surface area (Å²) in [5.74, 6) is 0.189. The van der Waals surface area contributed by atoms with E-state index in [2.05, 4.69) is 27.1 Å². The van der Waals surface area contributed by atoms with Gasteiger partial charge in [-0.15, -0.1) is 0 Å². The number of nitrogens with one attached hydrogen (secondary N) is 1. The van der Waals surface area contributed by atoms with Gasteiger partial charge in [-0.05, 0) is 63.9 Å². The average Bonchev–Trinajstić information content (AvgIpc) is 2.72. The molecule has 23 heavy (non-hydrogen) atoms. The Morgan fingerprint density at radius 1 is 1.22 bits per heavy atom. The van der Waals surface area contributed by atoms with Gasteiger partial charge in [-0.25, -0.2) is 0 Å². The second-order valence-corrected chi connectivity index (χ2v) is 7.38. The van der Waals surface area contributed by atoms with Gasteiger partial charge >= 0.3 is 0 Å². The van der Waals surface area contributed by atoms with Crippen molar-refractivity contribution in [3.63, 3.8) is 0 Å². The first-order chi connectivity index (χ1) is 11.2. The zero-order valence-corrected chi connectivity index (χ0v) is 13.9. The Labute approximate surface area is 138 Å². The SMILES string of the molecule is CN1CCCN(C2CCC3(CC2)C(=O)Nc2cnccc23)CC1. The summed E-state index contributed by atoms with van der Waals surface area (Å²) in [5.41, 5.74) is 1.80. The molecular formula is C18H26N4O. The molecule has 4 rings (SSSR count). The quantitative estimate of drug-likeness (QED) is 0.859. The maximum absolute atomic E-state index is 12.6. The Morgan fingerprint density at radius 3 is 2.87 bits per heavy atom. The summed E-state index contributed by atoms with van der Waals surface area (Å²) < 4.78 is 0. The molecule has 5 heteroatoms. The summed E-state index contributed by atoms with van der Waals surface area (Å²) in [5, 5.41) is 3.05. The van der Waals surface area contributed by atoms with Crippen LogP contribution in [0.3, 0.4) is 0 Å². The lowest BCUT2D eigenvalue weighted by atomic mass is 9.69. The van der Waals surface area contributed by atoms with E-state index in [1.54, 1.807) is 6.20 Å². The van der Waals surface area contributed by atoms with Crippen molar-refractivity contribution in [2.75, 3.05) is 38.5 Å². The van der Waals surface area contributed by atoms with Gasteiger partial charge in [0.25, 0.3) is 0 Å². The number of rotatable bonds is 1. The number of pyridine rings is 1. The molecule has 2 fully saturated rings. The normalized spacial score (nSPS) is 32.6. The summed E-state index contributed by atoms with van der Waals surface area (Å²) in [6, 6.07) is 2.68. The van der Waals surface area contributed by atoms with Crippen LogP contribution in [0, 0.1) is 0 Å². The first kappa shape index (κ1) is 15.1. The highest BCUT2D eigenvalue weighted by Gasteiger charge is 2.49. The number of carbonyl (C=O) groups excluding carboxylic acids is 1. The number of fused-ring (bicyclic) bond motifs is 2. The van der Waals surface area contributed by atoms with E-state index in [0.29, 0.717) is 6.04 Å². The van der Waals surface area contributed by atoms with Crippen molar-refractivity contribution in [2.24, 2.45) is 0 Å². The third-order valence-electron chi connectivity index (χ3n) is 6.10. The number of anilines is 1. The van der Waals surface area contributed by atoms with Crippen LogP contribution in [0.25, 0.3) is 0 Å². The minimum absolute atomic E-state index is 0.189. The maximum atomic E-state index is 12.6. The Balaban J connectivity index is 1.48. The summed E-state index contributed by atoms with van der Waals surface area (Å²) >= 11 is 0. The van der Waals surface area contributed by atoms with Crippen molar-refractivity contribution in [1.29, 1.82) is 0 Å². The Morgan fingerprint density at radius 2 is 2.04 bits per heavy atom. The number of hydrogen-bond donors (Lipinski definition) is 1. The molecule has 1 saturated carbocycles. The van der Waals surface area contributed by atoms with Crippen LogP contribution in [0.15, 0.2) is 18.5 Å². The van der Waals surface area contributed by atoms with Crippen molar-refractivity contribution in [2.45, 2.75) is 43.6 Å². The molecule has 3 aliphatic rings. The van der Waals surface area contributed by atoms with Gasteiger partial charge in [-0.2, -0.15) is 0 Å². The minimum Gasteiger partial charge on any atom is -0.324 e. The van der Waals surface area contributed by atoms with E-state index >= 15 is 0 Å². The molecule has 2 aliphatic heterocycles. The second-order valence-electron chi connectivity index (χ2n) is 7.38. The molecule has 1 N–H and O–H groups in total. The Hall–Kier alpha value is -1.46. The second kappa shape index (κ2) is 5.87. The summed E-state index contributed by atoms with van der Waals surface area (Å²) in [6.45, 7) is 4.74. The van der Waals surface area contributed by atoms with Gasteiger partial charge in [-0.1, -0.05) is 0 Å². The zero-order chi connectivity index (χ0) is 15.9. The van der Waals surface area contributed by atoms with Gasteiger partial charge in [0.2, 0.25) is 5.91 Å². The van der Waals surface area contributed by atoms with Gasteiger partial charge < -0.3 is 10.2 Å². The summed E-state index contributed by atoms with van der Waals surface area (Å²) in [7, 11) is 2.22. The fourth-order valence-electron chi connectivity index (χ4n) is 4.66. The first-order valence-corrected chi connectivity index (χ1v) is 8.88. The first-order valence-electron chi connectivity index (χ1n) is 8.88. The molecule has 1 amide bonds. The number of likely N-dealkylation sites (N-methyl/N-ethyl adjacent to an activating group) is 1. The fourth-order valence-corrected chi connectivity index (χ4v) is 4.66. The third-order valence-corrected chi connectivity index (χ3v) is 6.10. The zero-order valence-electron chi connectivity index (χ0n) is 13.9. The predicted molar refractivity (Wildman–Crippen MR) is 90.5 cm³/mol. The largest absolute Gasteiger partial charge is 0.324 e. The Kier molecular flexibility index (Phi) is 3.85. The molecule has 0 radical (unpaired) electrons. The number of aromatic nitrogens is 1. The van der Waals surface area contributed by atoms with Crippen LogP contribution in [0.1, 0.15) is 37.7 Å². The van der Waals surface area contributed by atoms with Crippen molar-refractivity contribution in [3.05, 3.63) is 24.0 Å². The topological polar surface area (TPSA) is 48.5 Å². The monoisotopic (exact) mass is 314 g/mol. The highest BCUT2D eigenvalue weighted by Crippen LogP contribution is 2.47. The van der Waals surface area contributed by atoms with E-state index < -0.39 is 0 Å². The number of amides is 1. The molecule has 1 aromatic rings.